The lowest BCUT2D eigenvalue weighted by molar-refractivity contribution is 0.101. The number of halogens is 1. The van der Waals surface area contributed by atoms with Crippen LogP contribution in [0.2, 0.25) is 0 Å². The summed E-state index contributed by atoms with van der Waals surface area (Å²) in [6.07, 6.45) is 1.74. The van der Waals surface area contributed by atoms with E-state index < -0.39 is 0 Å². The van der Waals surface area contributed by atoms with Gasteiger partial charge in [0.2, 0.25) is 0 Å². The fourth-order valence-corrected chi connectivity index (χ4v) is 1.43. The maximum Gasteiger partial charge on any atom is 0.120 e. The van der Waals surface area contributed by atoms with Crippen LogP contribution in [0.15, 0.2) is 24.3 Å². The topological polar surface area (TPSA) is 18.5 Å². The fraction of sp³-hybridized carbons (Fsp3) is 0.467. The van der Waals surface area contributed by atoms with Crippen LogP contribution < -0.4 is 4.74 Å². The molecule has 0 heterocycles. The summed E-state index contributed by atoms with van der Waals surface area (Å²) in [5.74, 6) is 7.45. The summed E-state index contributed by atoms with van der Waals surface area (Å²) in [5.41, 5.74) is 0.951. The van der Waals surface area contributed by atoms with Gasteiger partial charge in [0.15, 0.2) is 0 Å². The van der Waals surface area contributed by atoms with Gasteiger partial charge in [0, 0.05) is 24.5 Å². The number of rotatable bonds is 7. The van der Waals surface area contributed by atoms with Gasteiger partial charge >= 0.3 is 0 Å². The molecule has 0 saturated heterocycles. The molecule has 0 aliphatic carbocycles. The van der Waals surface area contributed by atoms with E-state index in [-0.39, 0.29) is 0 Å². The molecule has 0 bridgehead atoms. The summed E-state index contributed by atoms with van der Waals surface area (Å²) in [5, 5.41) is 0. The van der Waals surface area contributed by atoms with Crippen molar-refractivity contribution in [2.45, 2.75) is 19.8 Å². The van der Waals surface area contributed by atoms with Gasteiger partial charge in [-0.05, 0) is 24.6 Å². The van der Waals surface area contributed by atoms with Crippen molar-refractivity contribution in [3.8, 4) is 17.6 Å². The number of hydrogen-bond acceptors (Lipinski definition) is 2. The largest absolute Gasteiger partial charge is 0.491 e. The molecule has 0 atom stereocenters. The van der Waals surface area contributed by atoms with Crippen molar-refractivity contribution in [1.82, 2.24) is 0 Å². The van der Waals surface area contributed by atoms with Gasteiger partial charge in [-0.15, -0.1) is 11.6 Å². The summed E-state index contributed by atoms with van der Waals surface area (Å²) in [4.78, 5) is 0. The summed E-state index contributed by atoms with van der Waals surface area (Å²) in [6.45, 7) is 4.06. The van der Waals surface area contributed by atoms with Crippen LogP contribution in [-0.2, 0) is 4.74 Å². The van der Waals surface area contributed by atoms with E-state index in [1.165, 1.54) is 0 Å². The van der Waals surface area contributed by atoms with E-state index in [2.05, 4.69) is 18.8 Å². The average Bonchev–Trinajstić information content (AvgIpc) is 2.39. The Labute approximate surface area is 114 Å². The SMILES string of the molecule is CCCOCCOc1cccc(C#CCCCl)c1. The van der Waals surface area contributed by atoms with Crippen molar-refractivity contribution in [2.24, 2.45) is 0 Å². The predicted octanol–water partition coefficient (Wildman–Crippen LogP) is 3.47. The molecular weight excluding hydrogens is 248 g/mol. The highest BCUT2D eigenvalue weighted by atomic mass is 35.5. The Morgan fingerprint density at radius 1 is 1.22 bits per heavy atom. The fourth-order valence-electron chi connectivity index (χ4n) is 1.34. The second-order valence-corrected chi connectivity index (χ2v) is 4.11. The summed E-state index contributed by atoms with van der Waals surface area (Å²) in [6, 6.07) is 7.75. The first-order valence-electron chi connectivity index (χ1n) is 6.22. The van der Waals surface area contributed by atoms with Crippen LogP contribution in [0.5, 0.6) is 5.75 Å². The zero-order chi connectivity index (χ0) is 13.1. The Hall–Kier alpha value is -1.17. The van der Waals surface area contributed by atoms with Crippen molar-refractivity contribution in [2.75, 3.05) is 25.7 Å². The van der Waals surface area contributed by atoms with Gasteiger partial charge in [-0.25, -0.2) is 0 Å². The van der Waals surface area contributed by atoms with Gasteiger partial charge < -0.3 is 9.47 Å². The second-order valence-electron chi connectivity index (χ2n) is 3.73. The molecular formula is C15H19ClO2. The number of ether oxygens (including phenoxy) is 2. The Morgan fingerprint density at radius 3 is 2.89 bits per heavy atom. The smallest absolute Gasteiger partial charge is 0.120 e. The molecule has 1 rings (SSSR count). The third-order valence-electron chi connectivity index (χ3n) is 2.13. The van der Waals surface area contributed by atoms with E-state index >= 15 is 0 Å². The van der Waals surface area contributed by atoms with Gasteiger partial charge in [0.1, 0.15) is 12.4 Å². The van der Waals surface area contributed by atoms with E-state index in [4.69, 9.17) is 21.1 Å². The highest BCUT2D eigenvalue weighted by molar-refractivity contribution is 6.18. The van der Waals surface area contributed by atoms with Crippen LogP contribution in [0.1, 0.15) is 25.3 Å². The molecule has 1 aromatic carbocycles. The molecule has 0 amide bonds. The van der Waals surface area contributed by atoms with Gasteiger partial charge in [-0.1, -0.05) is 24.8 Å². The zero-order valence-electron chi connectivity index (χ0n) is 10.7. The highest BCUT2D eigenvalue weighted by Crippen LogP contribution is 2.12. The number of alkyl halides is 1. The molecule has 0 saturated carbocycles. The minimum absolute atomic E-state index is 0.567. The molecule has 0 aromatic heterocycles. The molecule has 0 aliphatic rings. The van der Waals surface area contributed by atoms with Crippen LogP contribution in [-0.4, -0.2) is 25.7 Å². The number of benzene rings is 1. The molecule has 0 radical (unpaired) electrons. The highest BCUT2D eigenvalue weighted by Gasteiger charge is 1.95. The first-order valence-corrected chi connectivity index (χ1v) is 6.75. The normalized spacial score (nSPS) is 9.67. The molecule has 18 heavy (non-hydrogen) atoms. The lowest BCUT2D eigenvalue weighted by Crippen LogP contribution is -2.07. The molecule has 1 aromatic rings. The van der Waals surface area contributed by atoms with Crippen molar-refractivity contribution >= 4 is 11.6 Å². The monoisotopic (exact) mass is 266 g/mol. The molecule has 0 unspecified atom stereocenters. The van der Waals surface area contributed by atoms with E-state index in [1.54, 1.807) is 0 Å². The van der Waals surface area contributed by atoms with Crippen molar-refractivity contribution < 1.29 is 9.47 Å². The Kier molecular flexibility index (Phi) is 8.12. The summed E-state index contributed by atoms with van der Waals surface area (Å²) >= 11 is 5.57. The summed E-state index contributed by atoms with van der Waals surface area (Å²) < 4.78 is 10.9. The third kappa shape index (κ3) is 6.54. The minimum Gasteiger partial charge on any atom is -0.491 e. The molecule has 0 N–H and O–H groups in total. The van der Waals surface area contributed by atoms with E-state index in [9.17, 15) is 0 Å². The third-order valence-corrected chi connectivity index (χ3v) is 2.32. The molecule has 98 valence electrons. The molecule has 3 heteroatoms. The first-order chi connectivity index (χ1) is 8.86. The van der Waals surface area contributed by atoms with Gasteiger partial charge in [-0.2, -0.15) is 0 Å². The van der Waals surface area contributed by atoms with Crippen molar-refractivity contribution in [3.05, 3.63) is 29.8 Å². The molecule has 0 aliphatic heterocycles. The van der Waals surface area contributed by atoms with Crippen LogP contribution >= 0.6 is 11.6 Å². The van der Waals surface area contributed by atoms with Gasteiger partial charge in [0.25, 0.3) is 0 Å². The van der Waals surface area contributed by atoms with Crippen molar-refractivity contribution in [1.29, 1.82) is 0 Å². The molecule has 0 spiro atoms. The van der Waals surface area contributed by atoms with Crippen LogP contribution in [0.3, 0.4) is 0 Å². The predicted molar refractivity (Wildman–Crippen MR) is 75.3 cm³/mol. The quantitative estimate of drug-likeness (QED) is 0.427. The van der Waals surface area contributed by atoms with Crippen molar-refractivity contribution in [3.63, 3.8) is 0 Å². The lowest BCUT2D eigenvalue weighted by Gasteiger charge is -2.06. The standard InChI is InChI=1S/C15H19ClO2/c1-2-10-17-11-12-18-15-8-5-7-14(13-15)6-3-4-9-16/h5,7-8,13H,2,4,9-12H2,1H3. The van der Waals surface area contributed by atoms with E-state index in [0.717, 1.165) is 24.3 Å². The average molecular weight is 267 g/mol. The van der Waals surface area contributed by atoms with Crippen LogP contribution in [0.25, 0.3) is 0 Å². The Balaban J connectivity index is 2.38. The Morgan fingerprint density at radius 2 is 2.11 bits per heavy atom. The van der Waals surface area contributed by atoms with E-state index in [0.29, 0.717) is 25.5 Å². The van der Waals surface area contributed by atoms with E-state index in [1.807, 2.05) is 24.3 Å². The van der Waals surface area contributed by atoms with Gasteiger partial charge in [-0.3, -0.25) is 0 Å². The summed E-state index contributed by atoms with van der Waals surface area (Å²) in [7, 11) is 0. The van der Waals surface area contributed by atoms with Crippen LogP contribution in [0, 0.1) is 11.8 Å². The van der Waals surface area contributed by atoms with Crippen LogP contribution in [0.4, 0.5) is 0 Å². The Bertz CT molecular complexity index is 393. The van der Waals surface area contributed by atoms with Gasteiger partial charge in [0.05, 0.1) is 6.61 Å². The molecule has 2 nitrogen and oxygen atoms in total. The maximum atomic E-state index is 5.58. The molecule has 0 fully saturated rings. The first kappa shape index (κ1) is 14.9. The lowest BCUT2D eigenvalue weighted by atomic mass is 10.2. The second kappa shape index (κ2) is 9.82. The number of hydrogen-bond donors (Lipinski definition) is 0. The maximum absolute atomic E-state index is 5.58. The minimum atomic E-state index is 0.567. The zero-order valence-corrected chi connectivity index (χ0v) is 11.5.